The average Bonchev–Trinajstić information content (AvgIpc) is 2.64. The molecule has 0 radical (unpaired) electrons. The lowest BCUT2D eigenvalue weighted by Gasteiger charge is -2.08. The van der Waals surface area contributed by atoms with Crippen LogP contribution in [0.2, 0.25) is 0 Å². The number of nitrogens with one attached hydrogen (secondary N) is 1. The highest BCUT2D eigenvalue weighted by Gasteiger charge is 2.35. The molecule has 0 fully saturated rings. The highest BCUT2D eigenvalue weighted by molar-refractivity contribution is 5.91. The molecule has 1 aliphatic heterocycles. The second-order valence-corrected chi connectivity index (χ2v) is 4.11. The van der Waals surface area contributed by atoms with E-state index in [1.165, 1.54) is 4.98 Å². The minimum absolute atomic E-state index is 0.287. The van der Waals surface area contributed by atoms with Gasteiger partial charge < -0.3 is 14.9 Å². The summed E-state index contributed by atoms with van der Waals surface area (Å²) >= 11 is 0. The number of carbonyl (C=O) groups is 1. The first-order chi connectivity index (χ1) is 10.1. The molecule has 0 saturated carbocycles. The Bertz CT molecular complexity index is 814. The number of hydrogen-bond donors (Lipinski definition) is 3. The maximum Gasteiger partial charge on any atom is 0.423 e. The van der Waals surface area contributed by atoms with Crippen molar-refractivity contribution in [2.45, 2.75) is 12.7 Å². The molecule has 0 amide bonds. The zero-order chi connectivity index (χ0) is 16.7. The van der Waals surface area contributed by atoms with Gasteiger partial charge in [0.05, 0.1) is 0 Å². The van der Waals surface area contributed by atoms with Crippen LogP contribution in [0.5, 0.6) is 0 Å². The third-order valence-electron chi connectivity index (χ3n) is 2.64. The predicted molar refractivity (Wildman–Crippen MR) is 62.8 cm³/mol. The van der Waals surface area contributed by atoms with Gasteiger partial charge in [-0.05, 0) is 6.08 Å². The third-order valence-corrected chi connectivity index (χ3v) is 2.64. The van der Waals surface area contributed by atoms with E-state index in [-0.39, 0.29) is 6.20 Å². The van der Waals surface area contributed by atoms with Gasteiger partial charge in [0.15, 0.2) is 5.76 Å². The quantitative estimate of drug-likeness (QED) is 0.675. The number of aliphatic hydroxyl groups is 2. The molecule has 0 atom stereocenters. The van der Waals surface area contributed by atoms with Crippen LogP contribution in [-0.4, -0.2) is 25.7 Å². The standard InChI is InChI=1S/C11H7F3N2O6/c12-11(13,14)4-3-16(10(21)15-8(4)19)2-1-5-6(17)7(18)9(20)22-5/h1,3,17-18H,2H2,(H,15,19,21)/b5-1-. The van der Waals surface area contributed by atoms with Crippen molar-refractivity contribution in [3.63, 3.8) is 0 Å². The number of hydrogen-bond acceptors (Lipinski definition) is 6. The van der Waals surface area contributed by atoms with E-state index in [0.717, 1.165) is 6.08 Å². The molecule has 1 aromatic rings. The molecule has 2 heterocycles. The topological polar surface area (TPSA) is 122 Å². The summed E-state index contributed by atoms with van der Waals surface area (Å²) in [5, 5.41) is 18.3. The smallest absolute Gasteiger partial charge is 0.423 e. The van der Waals surface area contributed by atoms with E-state index < -0.39 is 52.8 Å². The lowest BCUT2D eigenvalue weighted by Crippen LogP contribution is -2.34. The van der Waals surface area contributed by atoms with Crippen LogP contribution in [-0.2, 0) is 22.3 Å². The Hall–Kier alpha value is -2.98. The van der Waals surface area contributed by atoms with E-state index in [4.69, 9.17) is 5.11 Å². The van der Waals surface area contributed by atoms with Gasteiger partial charge >= 0.3 is 17.8 Å². The molecule has 22 heavy (non-hydrogen) atoms. The molecule has 8 nitrogen and oxygen atoms in total. The monoisotopic (exact) mass is 320 g/mol. The Balaban J connectivity index is 2.38. The van der Waals surface area contributed by atoms with Crippen molar-refractivity contribution in [3.8, 4) is 0 Å². The maximum atomic E-state index is 12.6. The minimum atomic E-state index is -4.96. The summed E-state index contributed by atoms with van der Waals surface area (Å²) in [4.78, 5) is 34.9. The van der Waals surface area contributed by atoms with E-state index >= 15 is 0 Å². The normalized spacial score (nSPS) is 17.2. The zero-order valence-corrected chi connectivity index (χ0v) is 10.5. The van der Waals surface area contributed by atoms with Crippen molar-refractivity contribution in [1.82, 2.24) is 9.55 Å². The van der Waals surface area contributed by atoms with Gasteiger partial charge in [-0.2, -0.15) is 13.2 Å². The summed E-state index contributed by atoms with van der Waals surface area (Å²) in [5.41, 5.74) is -4.31. The Morgan fingerprint density at radius 3 is 2.36 bits per heavy atom. The fourth-order valence-electron chi connectivity index (χ4n) is 1.58. The van der Waals surface area contributed by atoms with Crippen LogP contribution in [0.25, 0.3) is 0 Å². The number of cyclic esters (lactones) is 1. The van der Waals surface area contributed by atoms with Crippen molar-refractivity contribution < 1.29 is 32.9 Å². The number of rotatable bonds is 2. The van der Waals surface area contributed by atoms with Crippen LogP contribution in [0.4, 0.5) is 13.2 Å². The van der Waals surface area contributed by atoms with Crippen molar-refractivity contribution >= 4 is 5.97 Å². The summed E-state index contributed by atoms with van der Waals surface area (Å²) in [6, 6.07) is 0. The molecule has 0 aromatic carbocycles. The molecule has 2 rings (SSSR count). The van der Waals surface area contributed by atoms with Gasteiger partial charge in [-0.1, -0.05) is 0 Å². The maximum absolute atomic E-state index is 12.6. The lowest BCUT2D eigenvalue weighted by molar-refractivity contribution is -0.139. The number of aliphatic hydroxyl groups excluding tert-OH is 2. The average molecular weight is 320 g/mol. The fourth-order valence-corrected chi connectivity index (χ4v) is 1.58. The van der Waals surface area contributed by atoms with Crippen LogP contribution in [0.15, 0.2) is 39.1 Å². The number of halogens is 3. The Kier molecular flexibility index (Phi) is 3.57. The number of aromatic amines is 1. The number of alkyl halides is 3. The molecule has 0 unspecified atom stereocenters. The molecule has 3 N–H and O–H groups in total. The second-order valence-electron chi connectivity index (χ2n) is 4.11. The first kappa shape index (κ1) is 15.4. The highest BCUT2D eigenvalue weighted by Crippen LogP contribution is 2.25. The van der Waals surface area contributed by atoms with Gasteiger partial charge in [0.2, 0.25) is 11.5 Å². The number of carbonyl (C=O) groups excluding carboxylic acids is 1. The van der Waals surface area contributed by atoms with Crippen molar-refractivity contribution in [3.05, 3.63) is 56.0 Å². The number of H-pyrrole nitrogens is 1. The molecular formula is C11H7F3N2O6. The minimum Gasteiger partial charge on any atom is -0.502 e. The number of ether oxygens (including phenoxy) is 1. The zero-order valence-electron chi connectivity index (χ0n) is 10.5. The molecule has 1 aliphatic rings. The highest BCUT2D eigenvalue weighted by atomic mass is 19.4. The molecule has 0 spiro atoms. The molecule has 1 aromatic heterocycles. The molecule has 0 bridgehead atoms. The number of esters is 1. The van der Waals surface area contributed by atoms with Gasteiger partial charge in [0.1, 0.15) is 5.56 Å². The lowest BCUT2D eigenvalue weighted by atomic mass is 10.3. The van der Waals surface area contributed by atoms with E-state index in [2.05, 4.69) is 4.74 Å². The first-order valence-electron chi connectivity index (χ1n) is 5.57. The van der Waals surface area contributed by atoms with E-state index in [0.29, 0.717) is 4.57 Å². The van der Waals surface area contributed by atoms with Gasteiger partial charge in [0, 0.05) is 12.7 Å². The van der Waals surface area contributed by atoms with Crippen LogP contribution in [0, 0.1) is 0 Å². The fraction of sp³-hybridized carbons (Fsp3) is 0.182. The number of nitrogens with zero attached hydrogens (tertiary/aromatic N) is 1. The van der Waals surface area contributed by atoms with Gasteiger partial charge in [-0.3, -0.25) is 14.3 Å². The summed E-state index contributed by atoms with van der Waals surface area (Å²) < 4.78 is 42.6. The van der Waals surface area contributed by atoms with E-state index in [1.54, 1.807) is 0 Å². The Labute approximate surface area is 118 Å². The second kappa shape index (κ2) is 5.09. The van der Waals surface area contributed by atoms with Crippen molar-refractivity contribution in [2.24, 2.45) is 0 Å². The van der Waals surface area contributed by atoms with Crippen LogP contribution in [0.1, 0.15) is 5.56 Å². The summed E-state index contributed by atoms with van der Waals surface area (Å²) in [7, 11) is 0. The summed E-state index contributed by atoms with van der Waals surface area (Å²) in [6.45, 7) is -0.557. The van der Waals surface area contributed by atoms with Crippen molar-refractivity contribution in [1.29, 1.82) is 0 Å². The molecule has 0 aliphatic carbocycles. The summed E-state index contributed by atoms with van der Waals surface area (Å²) in [6.07, 6.45) is -3.79. The largest absolute Gasteiger partial charge is 0.502 e. The molecular weight excluding hydrogens is 313 g/mol. The third kappa shape index (κ3) is 2.73. The Morgan fingerprint density at radius 1 is 1.23 bits per heavy atom. The Morgan fingerprint density at radius 2 is 1.86 bits per heavy atom. The van der Waals surface area contributed by atoms with Crippen LogP contribution < -0.4 is 11.2 Å². The SMILES string of the molecule is O=C1O/C(=C\Cn2cc(C(F)(F)F)c(=O)[nH]c2=O)C(O)=C1O. The number of allylic oxidation sites excluding steroid dienone is 1. The van der Waals surface area contributed by atoms with E-state index in [9.17, 15) is 32.7 Å². The van der Waals surface area contributed by atoms with Gasteiger partial charge in [0.25, 0.3) is 5.56 Å². The predicted octanol–water partition coefficient (Wildman–Crippen LogP) is 0.324. The van der Waals surface area contributed by atoms with Crippen molar-refractivity contribution in [2.75, 3.05) is 0 Å². The van der Waals surface area contributed by atoms with Gasteiger partial charge in [-0.25, -0.2) is 9.59 Å². The van der Waals surface area contributed by atoms with E-state index in [1.807, 2.05) is 0 Å². The molecule has 118 valence electrons. The number of aromatic nitrogens is 2. The molecule has 0 saturated heterocycles. The molecule has 11 heteroatoms. The van der Waals surface area contributed by atoms with Crippen LogP contribution >= 0.6 is 0 Å². The first-order valence-corrected chi connectivity index (χ1v) is 5.57. The van der Waals surface area contributed by atoms with Gasteiger partial charge in [-0.15, -0.1) is 0 Å². The van der Waals surface area contributed by atoms with Crippen LogP contribution in [0.3, 0.4) is 0 Å². The summed E-state index contributed by atoms with van der Waals surface area (Å²) in [5.74, 6) is -3.72.